The molecule has 1 aliphatic heterocycles. The number of carbonyl (C=O) groups is 2. The number of thioether (sulfide) groups is 1. The molecule has 0 N–H and O–H groups in total. The second kappa shape index (κ2) is 11.6. The number of ether oxygens (including phenoxy) is 2. The third-order valence-corrected chi connectivity index (χ3v) is 6.76. The molecule has 0 radical (unpaired) electrons. The van der Waals surface area contributed by atoms with Gasteiger partial charge in [0.2, 0.25) is 0 Å². The van der Waals surface area contributed by atoms with Gasteiger partial charge in [0.05, 0.1) is 18.3 Å². The number of carbonyl (C=O) groups excluding carboxylic acids is 2. The van der Waals surface area contributed by atoms with Crippen LogP contribution in [-0.4, -0.2) is 49.3 Å². The van der Waals surface area contributed by atoms with Crippen molar-refractivity contribution in [2.45, 2.75) is 45.6 Å². The molecule has 2 aromatic carbocycles. The van der Waals surface area contributed by atoms with Crippen LogP contribution in [0.15, 0.2) is 47.4 Å². The summed E-state index contributed by atoms with van der Waals surface area (Å²) in [7, 11) is 1.65. The number of hydrogen-bond donors (Lipinski definition) is 0. The van der Waals surface area contributed by atoms with Crippen molar-refractivity contribution in [1.82, 2.24) is 4.90 Å². The summed E-state index contributed by atoms with van der Waals surface area (Å²) in [5, 5.41) is 0. The predicted molar refractivity (Wildman–Crippen MR) is 135 cm³/mol. The van der Waals surface area contributed by atoms with E-state index in [4.69, 9.17) is 9.47 Å². The van der Waals surface area contributed by atoms with Gasteiger partial charge in [-0.15, -0.1) is 11.8 Å². The fourth-order valence-electron chi connectivity index (χ4n) is 3.92. The van der Waals surface area contributed by atoms with Crippen molar-refractivity contribution in [2.24, 2.45) is 0 Å². The van der Waals surface area contributed by atoms with Crippen LogP contribution in [0.4, 0.5) is 0 Å². The van der Waals surface area contributed by atoms with Gasteiger partial charge in [-0.2, -0.15) is 0 Å². The quantitative estimate of drug-likeness (QED) is 0.281. The molecule has 2 aromatic rings. The van der Waals surface area contributed by atoms with Crippen molar-refractivity contribution in [3.63, 3.8) is 0 Å². The lowest BCUT2D eigenvalue weighted by atomic mass is 9.91. The number of methoxy groups -OCH3 is 1. The van der Waals surface area contributed by atoms with E-state index in [-0.39, 0.29) is 23.8 Å². The van der Waals surface area contributed by atoms with E-state index in [1.165, 1.54) is 0 Å². The van der Waals surface area contributed by atoms with Crippen LogP contribution in [0.25, 0.3) is 6.08 Å². The van der Waals surface area contributed by atoms with Gasteiger partial charge in [0.15, 0.2) is 0 Å². The SMILES string of the molecule is COCN1CCSC(=Cc2cc(C(C)C)c(OC(=O)c3ccccc3)c(C(C)C)c2)C1C=O. The molecule has 5 nitrogen and oxygen atoms in total. The lowest BCUT2D eigenvalue weighted by molar-refractivity contribution is -0.112. The lowest BCUT2D eigenvalue weighted by Gasteiger charge is -2.33. The zero-order chi connectivity index (χ0) is 24.0. The molecule has 1 unspecified atom stereocenters. The van der Waals surface area contributed by atoms with Gasteiger partial charge in [0.1, 0.15) is 12.0 Å². The van der Waals surface area contributed by atoms with Crippen molar-refractivity contribution >= 4 is 30.1 Å². The van der Waals surface area contributed by atoms with Crippen molar-refractivity contribution in [1.29, 1.82) is 0 Å². The first-order valence-electron chi connectivity index (χ1n) is 11.3. The van der Waals surface area contributed by atoms with Crippen LogP contribution in [-0.2, 0) is 9.53 Å². The Labute approximate surface area is 201 Å². The highest BCUT2D eigenvalue weighted by molar-refractivity contribution is 8.03. The first-order valence-corrected chi connectivity index (χ1v) is 12.3. The van der Waals surface area contributed by atoms with Crippen molar-refractivity contribution < 1.29 is 19.1 Å². The summed E-state index contributed by atoms with van der Waals surface area (Å²) in [5.74, 6) is 1.50. The summed E-state index contributed by atoms with van der Waals surface area (Å²) in [5.41, 5.74) is 3.50. The third-order valence-electron chi connectivity index (χ3n) is 5.68. The van der Waals surface area contributed by atoms with Crippen LogP contribution in [0.3, 0.4) is 0 Å². The topological polar surface area (TPSA) is 55.8 Å². The Morgan fingerprint density at radius 2 is 1.76 bits per heavy atom. The van der Waals surface area contributed by atoms with E-state index in [1.54, 1.807) is 31.0 Å². The van der Waals surface area contributed by atoms with Crippen LogP contribution in [0.1, 0.15) is 66.6 Å². The first-order chi connectivity index (χ1) is 15.8. The van der Waals surface area contributed by atoms with Gasteiger partial charge >= 0.3 is 5.97 Å². The number of rotatable bonds is 8. The molecule has 1 aliphatic rings. The van der Waals surface area contributed by atoms with Gasteiger partial charge in [-0.3, -0.25) is 4.90 Å². The standard InChI is InChI=1S/C27H33NO4S/c1-18(2)22-13-20(15-25-24(16-29)28(17-31-5)11-12-33-25)14-23(19(3)4)26(22)32-27(30)21-9-7-6-8-10-21/h6-10,13-16,18-19,24H,11-12,17H2,1-5H3. The van der Waals surface area contributed by atoms with E-state index in [0.717, 1.165) is 40.2 Å². The van der Waals surface area contributed by atoms with Gasteiger partial charge in [0, 0.05) is 24.3 Å². The average Bonchev–Trinajstić information content (AvgIpc) is 2.80. The molecule has 1 atom stereocenters. The monoisotopic (exact) mass is 467 g/mol. The number of benzene rings is 2. The summed E-state index contributed by atoms with van der Waals surface area (Å²) in [6.45, 7) is 9.62. The Kier molecular flexibility index (Phi) is 8.89. The van der Waals surface area contributed by atoms with Crippen LogP contribution in [0, 0.1) is 0 Å². The molecule has 0 aromatic heterocycles. The molecule has 1 saturated heterocycles. The number of aldehydes is 1. The highest BCUT2D eigenvalue weighted by atomic mass is 32.2. The maximum absolute atomic E-state index is 12.9. The molecule has 33 heavy (non-hydrogen) atoms. The molecule has 0 aliphatic carbocycles. The summed E-state index contributed by atoms with van der Waals surface area (Å²) in [6, 6.07) is 12.9. The summed E-state index contributed by atoms with van der Waals surface area (Å²) < 4.78 is 11.3. The number of hydrogen-bond acceptors (Lipinski definition) is 6. The van der Waals surface area contributed by atoms with E-state index >= 15 is 0 Å². The Hall–Kier alpha value is -2.41. The van der Waals surface area contributed by atoms with Gasteiger partial charge < -0.3 is 14.3 Å². The molecule has 3 rings (SSSR count). The maximum Gasteiger partial charge on any atom is 0.343 e. The minimum absolute atomic E-state index is 0.158. The molecule has 0 amide bonds. The van der Waals surface area contributed by atoms with Crippen LogP contribution >= 0.6 is 11.8 Å². The second-order valence-electron chi connectivity index (χ2n) is 8.80. The van der Waals surface area contributed by atoms with Gasteiger partial charge in [-0.05, 0) is 58.9 Å². The predicted octanol–water partition coefficient (Wildman–Crippen LogP) is 5.71. The zero-order valence-corrected chi connectivity index (χ0v) is 20.9. The Bertz CT molecular complexity index is 969. The van der Waals surface area contributed by atoms with E-state index in [1.807, 2.05) is 23.1 Å². The molecular weight excluding hydrogens is 434 g/mol. The van der Waals surface area contributed by atoms with E-state index in [9.17, 15) is 9.59 Å². The largest absolute Gasteiger partial charge is 0.422 e. The zero-order valence-electron chi connectivity index (χ0n) is 20.0. The smallest absolute Gasteiger partial charge is 0.343 e. The fourth-order valence-corrected chi connectivity index (χ4v) is 5.08. The van der Waals surface area contributed by atoms with Gasteiger partial charge in [-0.25, -0.2) is 4.79 Å². The lowest BCUT2D eigenvalue weighted by Crippen LogP contribution is -2.43. The number of esters is 1. The third kappa shape index (κ3) is 6.14. The highest BCUT2D eigenvalue weighted by Gasteiger charge is 2.27. The van der Waals surface area contributed by atoms with Crippen LogP contribution < -0.4 is 4.74 Å². The van der Waals surface area contributed by atoms with Crippen molar-refractivity contribution in [3.05, 3.63) is 69.6 Å². The summed E-state index contributed by atoms with van der Waals surface area (Å²) >= 11 is 1.71. The van der Waals surface area contributed by atoms with E-state index in [2.05, 4.69) is 45.9 Å². The fraction of sp³-hybridized carbons (Fsp3) is 0.407. The Balaban J connectivity index is 2.03. The average molecular weight is 468 g/mol. The molecule has 0 spiro atoms. The van der Waals surface area contributed by atoms with Crippen LogP contribution in [0.5, 0.6) is 5.75 Å². The molecule has 1 fully saturated rings. The van der Waals surface area contributed by atoms with Crippen molar-refractivity contribution in [2.75, 3.05) is 26.1 Å². The molecule has 176 valence electrons. The minimum atomic E-state index is -0.357. The molecule has 6 heteroatoms. The minimum Gasteiger partial charge on any atom is -0.422 e. The van der Waals surface area contributed by atoms with E-state index in [0.29, 0.717) is 18.0 Å². The molecular formula is C27H33NO4S. The first kappa shape index (κ1) is 25.2. The number of nitrogens with zero attached hydrogens (tertiary/aromatic N) is 1. The Morgan fingerprint density at radius 3 is 2.30 bits per heavy atom. The van der Waals surface area contributed by atoms with E-state index < -0.39 is 0 Å². The molecule has 0 bridgehead atoms. The molecule has 0 saturated carbocycles. The van der Waals surface area contributed by atoms with Crippen molar-refractivity contribution in [3.8, 4) is 5.75 Å². The Morgan fingerprint density at radius 1 is 1.12 bits per heavy atom. The normalized spacial score (nSPS) is 18.2. The van der Waals surface area contributed by atoms with Gasteiger partial charge in [-0.1, -0.05) is 45.9 Å². The summed E-state index contributed by atoms with van der Waals surface area (Å²) in [4.78, 5) is 27.8. The van der Waals surface area contributed by atoms with Gasteiger partial charge in [0.25, 0.3) is 0 Å². The summed E-state index contributed by atoms with van der Waals surface area (Å²) in [6.07, 6.45) is 3.08. The maximum atomic E-state index is 12.9. The second-order valence-corrected chi connectivity index (χ2v) is 9.97. The highest BCUT2D eigenvalue weighted by Crippen LogP contribution is 2.38. The van der Waals surface area contributed by atoms with Crippen LogP contribution in [0.2, 0.25) is 0 Å². The molecule has 1 heterocycles.